The number of nitrogens with zero attached hydrogens (tertiary/aromatic N) is 7. The standard InChI is InChI=1S/C38H38F6N8O3S/c1-2-52(20-6-9-49(15-20)36(53)50-16-21-10-22(17-50)55-21)34-24-11-26(38(42,43)44)29(23-4-5-27(40)32-28(23)25(13-45)33(46)56-32)30(41)31(24)47-35(48-34)54-18-37-7-3-8-51(37)14-19(39)12-37/h4-5,11,19-22H,2-3,6-10,12,14-18,46H2,1H3. The van der Waals surface area contributed by atoms with Crippen LogP contribution in [0.15, 0.2) is 18.2 Å². The Morgan fingerprint density at radius 2 is 1.93 bits per heavy atom. The first kappa shape index (κ1) is 37.0. The van der Waals surface area contributed by atoms with Gasteiger partial charge in [-0.3, -0.25) is 4.90 Å². The smallest absolute Gasteiger partial charge is 0.417 e. The van der Waals surface area contributed by atoms with Gasteiger partial charge in [0.25, 0.3) is 0 Å². The molecular weight excluding hydrogens is 763 g/mol. The molecule has 4 aromatic rings. The molecule has 2 aromatic heterocycles. The molecule has 0 spiro atoms. The molecule has 11 nitrogen and oxygen atoms in total. The molecule has 0 saturated carbocycles. The maximum Gasteiger partial charge on any atom is 0.417 e. The van der Waals surface area contributed by atoms with Gasteiger partial charge in [0, 0.05) is 74.5 Å². The van der Waals surface area contributed by atoms with E-state index >= 15 is 22.0 Å². The number of aromatic nitrogens is 2. The van der Waals surface area contributed by atoms with Crippen LogP contribution in [-0.2, 0) is 10.9 Å². The summed E-state index contributed by atoms with van der Waals surface area (Å²) in [5, 5.41) is 9.29. The zero-order valence-electron chi connectivity index (χ0n) is 30.3. The van der Waals surface area contributed by atoms with Crippen LogP contribution in [0.25, 0.3) is 32.1 Å². The Morgan fingerprint density at radius 1 is 1.16 bits per heavy atom. The summed E-state index contributed by atoms with van der Waals surface area (Å²) in [5.74, 6) is -2.22. The SMILES string of the molecule is CCN(c1nc(OCC23CCCN2CC(F)C3)nc2c(F)c(-c3ccc(F)c4sc(N)c(C#N)c34)c(C(F)(F)F)cc12)C1CCN(C(=O)N2CC3CC(C2)O3)C1. The van der Waals surface area contributed by atoms with Crippen LogP contribution in [0.4, 0.5) is 42.0 Å². The average Bonchev–Trinajstić information content (AvgIpc) is 3.93. The van der Waals surface area contributed by atoms with Crippen molar-refractivity contribution in [2.24, 2.45) is 0 Å². The van der Waals surface area contributed by atoms with Crippen molar-refractivity contribution in [3.8, 4) is 23.2 Å². The number of amides is 2. The highest BCUT2D eigenvalue weighted by molar-refractivity contribution is 7.23. The number of likely N-dealkylation sites (N-methyl/N-ethyl adjacent to an activating group) is 1. The number of nitrogen functional groups attached to an aromatic ring is 1. The second-order valence-corrected chi connectivity index (χ2v) is 16.5. The molecule has 6 aliphatic rings. The van der Waals surface area contributed by atoms with E-state index in [9.17, 15) is 14.4 Å². The molecule has 6 saturated heterocycles. The summed E-state index contributed by atoms with van der Waals surface area (Å²) in [6.45, 7) is 4.54. The lowest BCUT2D eigenvalue weighted by molar-refractivity contribution is -0.171. The highest BCUT2D eigenvalue weighted by Gasteiger charge is 2.50. The van der Waals surface area contributed by atoms with Gasteiger partial charge in [-0.25, -0.2) is 18.0 Å². The number of anilines is 2. The fraction of sp³-hybridized carbons (Fsp3) is 0.526. The Labute approximate surface area is 321 Å². The maximum atomic E-state index is 17.3. The number of urea groups is 1. The second kappa shape index (κ2) is 13.5. The number of fused-ring (bicyclic) bond motifs is 5. The minimum atomic E-state index is -5.13. The third kappa shape index (κ3) is 5.96. The number of carbonyl (C=O) groups excluding carboxylic acids is 1. The predicted molar refractivity (Wildman–Crippen MR) is 196 cm³/mol. The van der Waals surface area contributed by atoms with Crippen LogP contribution >= 0.6 is 11.3 Å². The van der Waals surface area contributed by atoms with Crippen LogP contribution in [-0.4, -0.2) is 113 Å². The molecule has 6 fully saturated rings. The van der Waals surface area contributed by atoms with Crippen LogP contribution in [0.5, 0.6) is 6.01 Å². The Balaban J connectivity index is 1.18. The molecular formula is C38H38F6N8O3S. The Morgan fingerprint density at radius 3 is 2.64 bits per heavy atom. The molecule has 18 heteroatoms. The minimum Gasteiger partial charge on any atom is -0.461 e. The number of nitriles is 1. The van der Waals surface area contributed by atoms with E-state index in [1.165, 1.54) is 0 Å². The molecule has 2 N–H and O–H groups in total. The van der Waals surface area contributed by atoms with Crippen LogP contribution in [0.2, 0.25) is 0 Å². The van der Waals surface area contributed by atoms with Crippen LogP contribution in [0.1, 0.15) is 50.2 Å². The minimum absolute atomic E-state index is 0.0159. The van der Waals surface area contributed by atoms with Gasteiger partial charge < -0.3 is 29.9 Å². The van der Waals surface area contributed by atoms with Gasteiger partial charge in [-0.2, -0.15) is 28.4 Å². The van der Waals surface area contributed by atoms with E-state index in [1.54, 1.807) is 21.6 Å². The topological polar surface area (TPSA) is 124 Å². The Kier molecular flexibility index (Phi) is 8.93. The normalized spacial score (nSPS) is 26.2. The van der Waals surface area contributed by atoms with E-state index in [0.29, 0.717) is 50.4 Å². The summed E-state index contributed by atoms with van der Waals surface area (Å²) in [6.07, 6.45) is -3.07. The number of piperidine rings is 1. The monoisotopic (exact) mass is 800 g/mol. The van der Waals surface area contributed by atoms with E-state index in [1.807, 2.05) is 11.0 Å². The van der Waals surface area contributed by atoms with Crippen molar-refractivity contribution in [2.45, 2.75) is 75.2 Å². The number of thiophene rings is 1. The van der Waals surface area contributed by atoms with Crippen molar-refractivity contribution in [2.75, 3.05) is 63.1 Å². The first-order valence-corrected chi connectivity index (χ1v) is 19.6. The number of ether oxygens (including phenoxy) is 2. The van der Waals surface area contributed by atoms with Crippen molar-refractivity contribution in [1.82, 2.24) is 24.7 Å². The van der Waals surface area contributed by atoms with Gasteiger partial charge in [0.15, 0.2) is 5.82 Å². The fourth-order valence-corrected chi connectivity index (χ4v) is 10.5. The predicted octanol–water partition coefficient (Wildman–Crippen LogP) is 6.71. The summed E-state index contributed by atoms with van der Waals surface area (Å²) in [5.41, 5.74) is 1.92. The molecule has 0 radical (unpaired) electrons. The molecule has 0 aliphatic carbocycles. The number of likely N-dealkylation sites (tertiary alicyclic amines) is 1. The lowest BCUT2D eigenvalue weighted by Crippen LogP contribution is -2.60. The highest BCUT2D eigenvalue weighted by atomic mass is 32.1. The second-order valence-electron chi connectivity index (χ2n) is 15.4. The van der Waals surface area contributed by atoms with Gasteiger partial charge >= 0.3 is 18.2 Å². The van der Waals surface area contributed by atoms with Gasteiger partial charge in [-0.05, 0) is 50.4 Å². The number of benzene rings is 2. The van der Waals surface area contributed by atoms with E-state index in [4.69, 9.17) is 15.2 Å². The molecule has 296 valence electrons. The summed E-state index contributed by atoms with van der Waals surface area (Å²) in [7, 11) is 0. The molecule has 8 heterocycles. The summed E-state index contributed by atoms with van der Waals surface area (Å²) in [6, 6.07) is 3.68. The summed E-state index contributed by atoms with van der Waals surface area (Å²) < 4.78 is 104. The molecule has 6 aliphatic heterocycles. The number of hydrogen-bond donors (Lipinski definition) is 1. The van der Waals surface area contributed by atoms with Gasteiger partial charge in [-0.15, -0.1) is 11.3 Å². The summed E-state index contributed by atoms with van der Waals surface area (Å²) >= 11 is 0.683. The van der Waals surface area contributed by atoms with Gasteiger partial charge in [0.2, 0.25) is 0 Å². The lowest BCUT2D eigenvalue weighted by atomic mass is 9.92. The zero-order valence-corrected chi connectivity index (χ0v) is 31.2. The quantitative estimate of drug-likeness (QED) is 0.203. The molecule has 10 rings (SSSR count). The number of alkyl halides is 4. The van der Waals surface area contributed by atoms with Crippen molar-refractivity contribution in [3.63, 3.8) is 0 Å². The van der Waals surface area contributed by atoms with Gasteiger partial charge in [-0.1, -0.05) is 6.07 Å². The summed E-state index contributed by atoms with van der Waals surface area (Å²) in [4.78, 5) is 29.8. The Hall–Kier alpha value is -4.60. The van der Waals surface area contributed by atoms with Crippen molar-refractivity contribution < 1.29 is 40.6 Å². The third-order valence-corrected chi connectivity index (χ3v) is 13.2. The fourth-order valence-electron chi connectivity index (χ4n) is 9.58. The first-order chi connectivity index (χ1) is 26.8. The molecule has 2 amide bonds. The van der Waals surface area contributed by atoms with Crippen molar-refractivity contribution >= 4 is 49.2 Å². The molecule has 5 unspecified atom stereocenters. The van der Waals surface area contributed by atoms with E-state index in [0.717, 1.165) is 31.0 Å². The van der Waals surface area contributed by atoms with E-state index in [2.05, 4.69) is 9.97 Å². The lowest BCUT2D eigenvalue weighted by Gasteiger charge is -2.47. The van der Waals surface area contributed by atoms with Crippen LogP contribution in [0, 0.1) is 23.0 Å². The molecule has 5 atom stereocenters. The van der Waals surface area contributed by atoms with Gasteiger partial charge in [0.05, 0.1) is 33.6 Å². The zero-order chi connectivity index (χ0) is 39.3. The Bertz CT molecular complexity index is 2290. The van der Waals surface area contributed by atoms with Crippen molar-refractivity contribution in [3.05, 3.63) is 41.0 Å². The number of morpholine rings is 1. The molecule has 2 aromatic carbocycles. The number of hydrogen-bond acceptors (Lipinski definition) is 10. The molecule has 2 bridgehead atoms. The number of rotatable bonds is 7. The largest absolute Gasteiger partial charge is 0.461 e. The average molecular weight is 801 g/mol. The number of carbonyl (C=O) groups is 1. The van der Waals surface area contributed by atoms with Crippen LogP contribution < -0.4 is 15.4 Å². The number of nitrogens with two attached hydrogens (primary N) is 1. The third-order valence-electron chi connectivity index (χ3n) is 12.1. The van der Waals surface area contributed by atoms with Crippen molar-refractivity contribution in [1.29, 1.82) is 5.26 Å². The molecule has 56 heavy (non-hydrogen) atoms. The van der Waals surface area contributed by atoms with Crippen LogP contribution in [0.3, 0.4) is 0 Å². The number of halogens is 6. The first-order valence-electron chi connectivity index (χ1n) is 18.8. The van der Waals surface area contributed by atoms with E-state index in [-0.39, 0.29) is 94.3 Å². The highest BCUT2D eigenvalue weighted by Crippen LogP contribution is 2.48. The van der Waals surface area contributed by atoms with E-state index < -0.39 is 52.2 Å². The maximum absolute atomic E-state index is 17.3. The van der Waals surface area contributed by atoms with Gasteiger partial charge in [0.1, 0.15) is 41.0 Å².